The van der Waals surface area contributed by atoms with Crippen molar-refractivity contribution in [1.82, 2.24) is 0 Å². The first kappa shape index (κ1) is 20.3. The summed E-state index contributed by atoms with van der Waals surface area (Å²) in [5.41, 5.74) is 8.06. The predicted molar refractivity (Wildman–Crippen MR) is 105 cm³/mol. The molecule has 3 heteroatoms. The van der Waals surface area contributed by atoms with Gasteiger partial charge >= 0.3 is 145 Å². The third-order valence-corrected chi connectivity index (χ3v) is 16.6. The maximum absolute atomic E-state index is 11.9. The number of nitrogens with two attached hydrogens (primary N) is 1. The zero-order valence-electron chi connectivity index (χ0n) is 15.6. The third kappa shape index (κ3) is 5.37. The van der Waals surface area contributed by atoms with Crippen LogP contribution in [0.4, 0.5) is 5.69 Å². The molecule has 0 fully saturated rings. The molecule has 2 nitrogen and oxygen atoms in total. The van der Waals surface area contributed by atoms with Crippen molar-refractivity contribution >= 4 is 29.1 Å². The second-order valence-electron chi connectivity index (χ2n) is 6.91. The summed E-state index contributed by atoms with van der Waals surface area (Å²) in [7, 11) is 0. The van der Waals surface area contributed by atoms with Crippen LogP contribution in [0.25, 0.3) is 0 Å². The molecule has 0 radical (unpaired) electrons. The summed E-state index contributed by atoms with van der Waals surface area (Å²) in [6.07, 6.45) is 7.65. The number of hydrogen-bond donors (Lipinski definition) is 1. The Labute approximate surface area is 145 Å². The number of anilines is 1. The number of rotatable bonds is 11. The fourth-order valence-electron chi connectivity index (χ4n) is 3.66. The van der Waals surface area contributed by atoms with E-state index in [2.05, 4.69) is 32.9 Å². The molecule has 0 unspecified atom stereocenters. The summed E-state index contributed by atoms with van der Waals surface area (Å²) in [4.78, 5) is 11.9. The summed E-state index contributed by atoms with van der Waals surface area (Å²) in [6, 6.07) is 6.21. The van der Waals surface area contributed by atoms with Crippen LogP contribution in [0.1, 0.15) is 76.6 Å². The van der Waals surface area contributed by atoms with Crippen LogP contribution in [-0.4, -0.2) is 19.0 Å². The van der Waals surface area contributed by atoms with Crippen LogP contribution in [-0.2, 0) is 0 Å². The van der Waals surface area contributed by atoms with E-state index in [1.54, 1.807) is 6.92 Å². The molecule has 0 aliphatic carbocycles. The molecule has 0 aliphatic rings. The van der Waals surface area contributed by atoms with Gasteiger partial charge in [-0.25, -0.2) is 0 Å². The Kier molecular flexibility index (Phi) is 8.97. The van der Waals surface area contributed by atoms with E-state index in [4.69, 9.17) is 5.73 Å². The molecule has 0 saturated carbocycles. The standard InChI is InChI=1S/C20H35GeNO/c1-5-8-14-21(15-9-6-2,16-10-7-3)19-13-11-12-18(17(4)23)20(19)22/h11-13H,5-10,14-16,22H2,1-4H3. The van der Waals surface area contributed by atoms with Crippen LogP contribution in [0.3, 0.4) is 0 Å². The average Bonchev–Trinajstić information content (AvgIpc) is 2.55. The van der Waals surface area contributed by atoms with Crippen LogP contribution in [0.5, 0.6) is 0 Å². The molecule has 0 atom stereocenters. The van der Waals surface area contributed by atoms with Gasteiger partial charge in [-0.3, -0.25) is 0 Å². The van der Waals surface area contributed by atoms with Gasteiger partial charge in [0.2, 0.25) is 0 Å². The van der Waals surface area contributed by atoms with E-state index >= 15 is 0 Å². The molecule has 1 aromatic carbocycles. The van der Waals surface area contributed by atoms with Gasteiger partial charge in [-0.2, -0.15) is 0 Å². The fraction of sp³-hybridized carbons (Fsp3) is 0.650. The normalized spacial score (nSPS) is 11.7. The van der Waals surface area contributed by atoms with Gasteiger partial charge in [-0.05, 0) is 0 Å². The molecule has 0 aliphatic heterocycles. The van der Waals surface area contributed by atoms with Crippen LogP contribution < -0.4 is 10.1 Å². The topological polar surface area (TPSA) is 43.1 Å². The van der Waals surface area contributed by atoms with Gasteiger partial charge in [-0.15, -0.1) is 0 Å². The van der Waals surface area contributed by atoms with E-state index in [0.29, 0.717) is 0 Å². The fourth-order valence-corrected chi connectivity index (χ4v) is 15.8. The summed E-state index contributed by atoms with van der Waals surface area (Å²) in [6.45, 7) is 8.47. The molecule has 0 saturated heterocycles. The zero-order valence-corrected chi connectivity index (χ0v) is 17.7. The van der Waals surface area contributed by atoms with Gasteiger partial charge in [0.15, 0.2) is 0 Å². The number of nitrogen functional groups attached to an aromatic ring is 1. The summed E-state index contributed by atoms with van der Waals surface area (Å²) < 4.78 is 1.41. The molecular weight excluding hydrogens is 343 g/mol. The number of carbonyl (C=O) groups excluding carboxylic acids is 1. The molecule has 130 valence electrons. The molecule has 2 N–H and O–H groups in total. The van der Waals surface area contributed by atoms with Crippen molar-refractivity contribution in [3.8, 4) is 0 Å². The molecular formula is C20H35GeNO. The Hall–Kier alpha value is -0.767. The molecule has 1 aromatic rings. The molecule has 0 amide bonds. The Balaban J connectivity index is 3.34. The summed E-state index contributed by atoms with van der Waals surface area (Å²) >= 11 is -2.25. The third-order valence-electron chi connectivity index (χ3n) is 5.08. The van der Waals surface area contributed by atoms with E-state index in [1.807, 2.05) is 6.07 Å². The van der Waals surface area contributed by atoms with Crippen molar-refractivity contribution < 1.29 is 4.79 Å². The van der Waals surface area contributed by atoms with Crippen molar-refractivity contribution in [3.05, 3.63) is 23.8 Å². The van der Waals surface area contributed by atoms with Crippen molar-refractivity contribution in [3.63, 3.8) is 0 Å². The number of unbranched alkanes of at least 4 members (excludes halogenated alkanes) is 3. The quantitative estimate of drug-likeness (QED) is 0.313. The minimum absolute atomic E-state index is 0.0992. The predicted octanol–water partition coefficient (Wildman–Crippen LogP) is 5.53. The number of hydrogen-bond acceptors (Lipinski definition) is 2. The van der Waals surface area contributed by atoms with Crippen LogP contribution in [0, 0.1) is 0 Å². The number of ketones is 1. The molecule has 0 aromatic heterocycles. The Morgan fingerprint density at radius 3 is 1.83 bits per heavy atom. The average molecular weight is 378 g/mol. The van der Waals surface area contributed by atoms with Crippen molar-refractivity contribution in [2.75, 3.05) is 5.73 Å². The van der Waals surface area contributed by atoms with Crippen molar-refractivity contribution in [2.45, 2.75) is 82.0 Å². The monoisotopic (exact) mass is 379 g/mol. The Morgan fingerprint density at radius 1 is 0.957 bits per heavy atom. The van der Waals surface area contributed by atoms with Crippen LogP contribution in [0.15, 0.2) is 18.2 Å². The first-order chi connectivity index (χ1) is 11.0. The van der Waals surface area contributed by atoms with Gasteiger partial charge in [0.05, 0.1) is 0 Å². The second kappa shape index (κ2) is 10.2. The molecule has 0 heterocycles. The van der Waals surface area contributed by atoms with Gasteiger partial charge in [0.1, 0.15) is 0 Å². The summed E-state index contributed by atoms with van der Waals surface area (Å²) in [5, 5.41) is 4.09. The zero-order chi connectivity index (χ0) is 17.3. The molecule has 0 bridgehead atoms. The number of Topliss-reactive ketones (excluding diaryl/α,β-unsaturated/α-hetero) is 1. The van der Waals surface area contributed by atoms with E-state index in [9.17, 15) is 4.79 Å². The van der Waals surface area contributed by atoms with Gasteiger partial charge in [0, 0.05) is 0 Å². The molecule has 23 heavy (non-hydrogen) atoms. The number of para-hydroxylation sites is 1. The van der Waals surface area contributed by atoms with Crippen molar-refractivity contribution in [2.24, 2.45) is 0 Å². The Morgan fingerprint density at radius 2 is 1.43 bits per heavy atom. The summed E-state index contributed by atoms with van der Waals surface area (Å²) in [5.74, 6) is 0.0992. The molecule has 0 spiro atoms. The van der Waals surface area contributed by atoms with E-state index < -0.39 is 13.3 Å². The maximum atomic E-state index is 11.9. The van der Waals surface area contributed by atoms with Gasteiger partial charge in [0.25, 0.3) is 0 Å². The first-order valence-electron chi connectivity index (χ1n) is 9.42. The van der Waals surface area contributed by atoms with Crippen LogP contribution >= 0.6 is 0 Å². The minimum atomic E-state index is -2.25. The van der Waals surface area contributed by atoms with Gasteiger partial charge in [-0.1, -0.05) is 0 Å². The Bertz CT molecular complexity index is 477. The SMILES string of the molecule is CCC[CH2][Ge]([CH2]CCC)([CH2]CCC)[c]1cccc(C(C)=O)c1N. The van der Waals surface area contributed by atoms with Crippen molar-refractivity contribution in [1.29, 1.82) is 0 Å². The number of carbonyl (C=O) groups is 1. The van der Waals surface area contributed by atoms with Crippen LogP contribution in [0.2, 0.25) is 15.8 Å². The van der Waals surface area contributed by atoms with E-state index in [1.165, 1.54) is 58.7 Å². The molecule has 1 rings (SSSR count). The van der Waals surface area contributed by atoms with E-state index in [0.717, 1.165) is 11.3 Å². The number of benzene rings is 1. The first-order valence-corrected chi connectivity index (χ1v) is 14.9. The second-order valence-corrected chi connectivity index (χ2v) is 16.6. The van der Waals surface area contributed by atoms with Gasteiger partial charge < -0.3 is 0 Å². The van der Waals surface area contributed by atoms with E-state index in [-0.39, 0.29) is 5.78 Å².